The molecule has 1 aromatic carbocycles. The Hall–Kier alpha value is -2.17. The first-order chi connectivity index (χ1) is 10.6. The molecule has 3 rings (SSSR count). The smallest absolute Gasteiger partial charge is 0.246 e. The van der Waals surface area contributed by atoms with Crippen LogP contribution in [0, 0.1) is 12.8 Å². The molecule has 0 spiro atoms. The van der Waals surface area contributed by atoms with Crippen LogP contribution >= 0.6 is 0 Å². The van der Waals surface area contributed by atoms with Crippen LogP contribution in [-0.4, -0.2) is 28.0 Å². The lowest BCUT2D eigenvalue weighted by Crippen LogP contribution is -2.31. The van der Waals surface area contributed by atoms with Gasteiger partial charge in [0, 0.05) is 18.5 Å². The highest BCUT2D eigenvalue weighted by atomic mass is 16.5. The summed E-state index contributed by atoms with van der Waals surface area (Å²) in [6, 6.07) is 7.92. The average Bonchev–Trinajstić information content (AvgIpc) is 3.18. The molecule has 1 aliphatic carbocycles. The van der Waals surface area contributed by atoms with Crippen molar-refractivity contribution in [3.05, 3.63) is 35.7 Å². The van der Waals surface area contributed by atoms with E-state index >= 15 is 0 Å². The first-order valence-electron chi connectivity index (χ1n) is 7.78. The second kappa shape index (κ2) is 6.30. The lowest BCUT2D eigenvalue weighted by molar-refractivity contribution is -0.134. The van der Waals surface area contributed by atoms with Crippen LogP contribution in [0.5, 0.6) is 0 Å². The summed E-state index contributed by atoms with van der Waals surface area (Å²) in [4.78, 5) is 18.4. The normalized spacial score (nSPS) is 15.2. The van der Waals surface area contributed by atoms with Gasteiger partial charge in [0.05, 0.1) is 6.54 Å². The lowest BCUT2D eigenvalue weighted by atomic mass is 10.1. The number of amides is 1. The third kappa shape index (κ3) is 3.03. The van der Waals surface area contributed by atoms with Gasteiger partial charge in [0.15, 0.2) is 0 Å². The second-order valence-electron chi connectivity index (χ2n) is 6.00. The molecule has 5 nitrogen and oxygen atoms in total. The van der Waals surface area contributed by atoms with Crippen LogP contribution in [0.1, 0.15) is 37.1 Å². The Morgan fingerprint density at radius 1 is 1.32 bits per heavy atom. The first-order valence-corrected chi connectivity index (χ1v) is 7.78. The quantitative estimate of drug-likeness (QED) is 0.870. The van der Waals surface area contributed by atoms with Crippen molar-refractivity contribution in [2.45, 2.75) is 39.2 Å². The van der Waals surface area contributed by atoms with Crippen molar-refractivity contribution < 1.29 is 9.32 Å². The zero-order valence-corrected chi connectivity index (χ0v) is 13.1. The molecule has 0 atom stereocenters. The van der Waals surface area contributed by atoms with E-state index < -0.39 is 0 Å². The number of aryl methyl sites for hydroxylation is 1. The third-order valence-electron chi connectivity index (χ3n) is 4.31. The molecule has 1 aliphatic rings. The molecule has 22 heavy (non-hydrogen) atoms. The van der Waals surface area contributed by atoms with Crippen molar-refractivity contribution in [2.24, 2.45) is 5.92 Å². The molecule has 0 bridgehead atoms. The number of hydrogen-bond acceptors (Lipinski definition) is 4. The summed E-state index contributed by atoms with van der Waals surface area (Å²) in [6.45, 7) is 2.38. The maximum atomic E-state index is 12.3. The Labute approximate surface area is 130 Å². The van der Waals surface area contributed by atoms with Gasteiger partial charge in [-0.2, -0.15) is 4.98 Å². The van der Waals surface area contributed by atoms with E-state index in [9.17, 15) is 4.79 Å². The molecule has 0 unspecified atom stereocenters. The summed E-state index contributed by atoms with van der Waals surface area (Å²) < 4.78 is 5.30. The predicted molar refractivity (Wildman–Crippen MR) is 82.9 cm³/mol. The van der Waals surface area contributed by atoms with Crippen molar-refractivity contribution >= 4 is 5.91 Å². The standard InChI is InChI=1S/C17H21N3O2/c1-12-7-3-6-10-14(12)16-18-15(22-19-16)11-20(2)17(21)13-8-4-5-9-13/h3,6-7,10,13H,4-5,8-9,11H2,1-2H3. The van der Waals surface area contributed by atoms with Gasteiger partial charge in [-0.15, -0.1) is 0 Å². The molecule has 1 amide bonds. The Morgan fingerprint density at radius 2 is 2.05 bits per heavy atom. The molecule has 1 saturated carbocycles. The number of rotatable bonds is 4. The Morgan fingerprint density at radius 3 is 2.77 bits per heavy atom. The van der Waals surface area contributed by atoms with Gasteiger partial charge in [0.2, 0.25) is 17.6 Å². The monoisotopic (exact) mass is 299 g/mol. The number of carbonyl (C=O) groups excluding carboxylic acids is 1. The van der Waals surface area contributed by atoms with Gasteiger partial charge in [-0.25, -0.2) is 0 Å². The fourth-order valence-corrected chi connectivity index (χ4v) is 3.02. The van der Waals surface area contributed by atoms with Crippen molar-refractivity contribution in [1.29, 1.82) is 0 Å². The van der Waals surface area contributed by atoms with E-state index in [1.54, 1.807) is 11.9 Å². The van der Waals surface area contributed by atoms with Crippen LogP contribution in [0.3, 0.4) is 0 Å². The lowest BCUT2D eigenvalue weighted by Gasteiger charge is -2.18. The molecule has 1 aromatic heterocycles. The van der Waals surface area contributed by atoms with Crippen molar-refractivity contribution in [3.63, 3.8) is 0 Å². The summed E-state index contributed by atoms with van der Waals surface area (Å²) in [5.41, 5.74) is 2.06. The maximum absolute atomic E-state index is 12.3. The average molecular weight is 299 g/mol. The number of aromatic nitrogens is 2. The Kier molecular flexibility index (Phi) is 4.22. The van der Waals surface area contributed by atoms with Crippen LogP contribution < -0.4 is 0 Å². The van der Waals surface area contributed by atoms with Crippen molar-refractivity contribution in [3.8, 4) is 11.4 Å². The number of nitrogens with zero attached hydrogens (tertiary/aromatic N) is 3. The SMILES string of the molecule is Cc1ccccc1-c1noc(CN(C)C(=O)C2CCCC2)n1. The summed E-state index contributed by atoms with van der Waals surface area (Å²) in [6.07, 6.45) is 4.31. The largest absolute Gasteiger partial charge is 0.337 e. The molecule has 116 valence electrons. The van der Waals surface area contributed by atoms with E-state index in [1.807, 2.05) is 31.2 Å². The minimum atomic E-state index is 0.170. The molecule has 1 fully saturated rings. The molecule has 0 saturated heterocycles. The Bertz CT molecular complexity index is 659. The summed E-state index contributed by atoms with van der Waals surface area (Å²) >= 11 is 0. The van der Waals surface area contributed by atoms with E-state index in [0.29, 0.717) is 18.3 Å². The van der Waals surface area contributed by atoms with Gasteiger partial charge in [0.25, 0.3) is 0 Å². The van der Waals surface area contributed by atoms with Crippen LogP contribution in [0.25, 0.3) is 11.4 Å². The van der Waals surface area contributed by atoms with Gasteiger partial charge in [-0.3, -0.25) is 4.79 Å². The number of hydrogen-bond donors (Lipinski definition) is 0. The maximum Gasteiger partial charge on any atom is 0.246 e. The summed E-state index contributed by atoms with van der Waals surface area (Å²) in [5, 5.41) is 4.03. The number of carbonyl (C=O) groups is 1. The summed E-state index contributed by atoms with van der Waals surface area (Å²) in [7, 11) is 1.80. The minimum absolute atomic E-state index is 0.170. The highest BCUT2D eigenvalue weighted by molar-refractivity contribution is 5.78. The molecule has 0 aliphatic heterocycles. The predicted octanol–water partition coefficient (Wildman–Crippen LogP) is 3.19. The molecular formula is C17H21N3O2. The third-order valence-corrected chi connectivity index (χ3v) is 4.31. The fourth-order valence-electron chi connectivity index (χ4n) is 3.02. The van der Waals surface area contributed by atoms with Crippen LogP contribution in [0.2, 0.25) is 0 Å². The van der Waals surface area contributed by atoms with Crippen molar-refractivity contribution in [1.82, 2.24) is 15.0 Å². The van der Waals surface area contributed by atoms with E-state index in [1.165, 1.54) is 0 Å². The van der Waals surface area contributed by atoms with E-state index in [-0.39, 0.29) is 11.8 Å². The second-order valence-corrected chi connectivity index (χ2v) is 6.00. The zero-order chi connectivity index (χ0) is 15.5. The molecule has 0 radical (unpaired) electrons. The van der Waals surface area contributed by atoms with Gasteiger partial charge in [0.1, 0.15) is 0 Å². The molecule has 1 heterocycles. The van der Waals surface area contributed by atoms with Gasteiger partial charge in [-0.1, -0.05) is 42.3 Å². The topological polar surface area (TPSA) is 59.2 Å². The first kappa shape index (κ1) is 14.8. The van der Waals surface area contributed by atoms with Crippen LogP contribution in [0.4, 0.5) is 0 Å². The molecule has 2 aromatic rings. The van der Waals surface area contributed by atoms with E-state index in [0.717, 1.165) is 36.8 Å². The van der Waals surface area contributed by atoms with Crippen molar-refractivity contribution in [2.75, 3.05) is 7.05 Å². The van der Waals surface area contributed by atoms with Gasteiger partial charge in [-0.05, 0) is 25.3 Å². The van der Waals surface area contributed by atoms with Crippen LogP contribution in [-0.2, 0) is 11.3 Å². The molecule has 5 heteroatoms. The highest BCUT2D eigenvalue weighted by Crippen LogP contribution is 2.27. The Balaban J connectivity index is 1.69. The van der Waals surface area contributed by atoms with E-state index in [2.05, 4.69) is 10.1 Å². The number of benzene rings is 1. The fraction of sp³-hybridized carbons (Fsp3) is 0.471. The van der Waals surface area contributed by atoms with Crippen LogP contribution in [0.15, 0.2) is 28.8 Å². The minimum Gasteiger partial charge on any atom is -0.337 e. The van der Waals surface area contributed by atoms with E-state index in [4.69, 9.17) is 4.52 Å². The van der Waals surface area contributed by atoms with Gasteiger partial charge < -0.3 is 9.42 Å². The molecular weight excluding hydrogens is 278 g/mol. The highest BCUT2D eigenvalue weighted by Gasteiger charge is 2.26. The summed E-state index contributed by atoms with van der Waals surface area (Å²) in [5.74, 6) is 1.42. The zero-order valence-electron chi connectivity index (χ0n) is 13.1. The molecule has 0 N–H and O–H groups in total. The van der Waals surface area contributed by atoms with Gasteiger partial charge >= 0.3 is 0 Å².